The zero-order chi connectivity index (χ0) is 19.8. The molecule has 0 aliphatic heterocycles. The van der Waals surface area contributed by atoms with Crippen molar-refractivity contribution in [1.29, 1.82) is 0 Å². The Labute approximate surface area is 157 Å². The number of carbonyl (C=O) groups excluding carboxylic acids is 1. The van der Waals surface area contributed by atoms with Crippen molar-refractivity contribution in [1.82, 2.24) is 15.0 Å². The molecule has 0 spiro atoms. The van der Waals surface area contributed by atoms with Crippen LogP contribution >= 0.6 is 11.6 Å². The van der Waals surface area contributed by atoms with Gasteiger partial charge in [-0.25, -0.2) is 4.68 Å². The van der Waals surface area contributed by atoms with Gasteiger partial charge in [0.25, 0.3) is 5.91 Å². The molecule has 0 unspecified atom stereocenters. The number of nitrogens with one attached hydrogen (secondary N) is 1. The van der Waals surface area contributed by atoms with E-state index in [4.69, 9.17) is 11.6 Å². The van der Waals surface area contributed by atoms with Gasteiger partial charge in [0.1, 0.15) is 0 Å². The van der Waals surface area contributed by atoms with Crippen LogP contribution in [0.3, 0.4) is 0 Å². The van der Waals surface area contributed by atoms with Crippen molar-refractivity contribution < 1.29 is 18.0 Å². The lowest BCUT2D eigenvalue weighted by atomic mass is 10.2. The molecule has 0 aliphatic rings. The fourth-order valence-corrected chi connectivity index (χ4v) is 2.78. The van der Waals surface area contributed by atoms with Gasteiger partial charge in [-0.1, -0.05) is 28.9 Å². The van der Waals surface area contributed by atoms with E-state index >= 15 is 0 Å². The van der Waals surface area contributed by atoms with E-state index in [0.717, 1.165) is 23.4 Å². The number of aromatic nitrogens is 3. The molecule has 5 nitrogen and oxygen atoms in total. The van der Waals surface area contributed by atoms with E-state index in [0.29, 0.717) is 5.69 Å². The van der Waals surface area contributed by atoms with E-state index in [1.165, 1.54) is 10.7 Å². The second-order valence-corrected chi connectivity index (χ2v) is 6.33. The monoisotopic (exact) mass is 394 g/mol. The summed E-state index contributed by atoms with van der Waals surface area (Å²) in [5.74, 6) is -0.665. The average Bonchev–Trinajstić information content (AvgIpc) is 2.97. The van der Waals surface area contributed by atoms with E-state index < -0.39 is 22.7 Å². The largest absolute Gasteiger partial charge is 0.417 e. The van der Waals surface area contributed by atoms with Crippen LogP contribution in [-0.4, -0.2) is 20.9 Å². The third-order valence-electron chi connectivity index (χ3n) is 3.89. The number of nitrogens with zero attached hydrogens (tertiary/aromatic N) is 3. The maximum Gasteiger partial charge on any atom is 0.417 e. The fourth-order valence-electron chi connectivity index (χ4n) is 2.55. The lowest BCUT2D eigenvalue weighted by molar-refractivity contribution is -0.137. The van der Waals surface area contributed by atoms with Crippen molar-refractivity contribution in [2.45, 2.75) is 20.0 Å². The summed E-state index contributed by atoms with van der Waals surface area (Å²) in [7, 11) is 0. The first-order chi connectivity index (χ1) is 12.7. The molecule has 9 heteroatoms. The lowest BCUT2D eigenvalue weighted by Crippen LogP contribution is -2.15. The third kappa shape index (κ3) is 3.95. The molecule has 3 aromatic rings. The van der Waals surface area contributed by atoms with Gasteiger partial charge in [-0.15, -0.1) is 5.10 Å². The van der Waals surface area contributed by atoms with Crippen molar-refractivity contribution in [3.63, 3.8) is 0 Å². The summed E-state index contributed by atoms with van der Waals surface area (Å²) in [5, 5.41) is 9.78. The zero-order valence-corrected chi connectivity index (χ0v) is 15.1. The predicted octanol–water partition coefficient (Wildman–Crippen LogP) is 4.81. The van der Waals surface area contributed by atoms with Gasteiger partial charge in [-0.2, -0.15) is 13.2 Å². The standard InChI is InChI=1S/C18H14ClF3N4O/c1-10-4-3-5-13(8-10)26-11(2)16(24-25-26)17(27)23-12-6-7-15(19)14(9-12)18(20,21)22/h3-9H,1-2H3,(H,23,27). The van der Waals surface area contributed by atoms with E-state index in [-0.39, 0.29) is 11.4 Å². The third-order valence-corrected chi connectivity index (χ3v) is 4.22. The number of rotatable bonds is 3. The van der Waals surface area contributed by atoms with Gasteiger partial charge in [0.05, 0.1) is 22.0 Å². The first kappa shape index (κ1) is 18.9. The van der Waals surface area contributed by atoms with Crippen molar-refractivity contribution in [2.75, 3.05) is 5.32 Å². The fraction of sp³-hybridized carbons (Fsp3) is 0.167. The van der Waals surface area contributed by atoms with Crippen LogP contribution in [0.4, 0.5) is 18.9 Å². The summed E-state index contributed by atoms with van der Waals surface area (Å²) in [6.07, 6.45) is -4.62. The van der Waals surface area contributed by atoms with Gasteiger partial charge >= 0.3 is 6.18 Å². The zero-order valence-electron chi connectivity index (χ0n) is 14.3. The maximum absolute atomic E-state index is 13.0. The van der Waals surface area contributed by atoms with Gasteiger partial charge in [0.15, 0.2) is 5.69 Å². The number of amides is 1. The molecule has 2 aromatic carbocycles. The summed E-state index contributed by atoms with van der Waals surface area (Å²) < 4.78 is 40.4. The summed E-state index contributed by atoms with van der Waals surface area (Å²) in [6, 6.07) is 10.6. The molecule has 1 amide bonds. The Morgan fingerprint density at radius 1 is 1.15 bits per heavy atom. The maximum atomic E-state index is 13.0. The highest BCUT2D eigenvalue weighted by atomic mass is 35.5. The van der Waals surface area contributed by atoms with Gasteiger partial charge in [0.2, 0.25) is 0 Å². The van der Waals surface area contributed by atoms with Gasteiger partial charge in [0, 0.05) is 5.69 Å². The number of carbonyl (C=O) groups is 1. The molecule has 0 saturated carbocycles. The molecule has 27 heavy (non-hydrogen) atoms. The summed E-state index contributed by atoms with van der Waals surface area (Å²) in [5.41, 5.74) is 1.14. The van der Waals surface area contributed by atoms with Crippen LogP contribution in [0.5, 0.6) is 0 Å². The minimum Gasteiger partial charge on any atom is -0.321 e. The number of benzene rings is 2. The van der Waals surface area contributed by atoms with Crippen molar-refractivity contribution >= 4 is 23.2 Å². The number of aryl methyl sites for hydroxylation is 1. The Morgan fingerprint density at radius 2 is 1.89 bits per heavy atom. The minimum absolute atomic E-state index is 0.0139. The molecular formula is C18H14ClF3N4O. The van der Waals surface area contributed by atoms with E-state index in [1.807, 2.05) is 31.2 Å². The summed E-state index contributed by atoms with van der Waals surface area (Å²) >= 11 is 5.59. The Balaban J connectivity index is 1.88. The molecule has 140 valence electrons. The Kier molecular flexibility index (Phi) is 4.93. The molecule has 0 radical (unpaired) electrons. The number of hydrogen-bond acceptors (Lipinski definition) is 3. The van der Waals surface area contributed by atoms with Crippen LogP contribution in [0.15, 0.2) is 42.5 Å². The van der Waals surface area contributed by atoms with Crippen LogP contribution in [0.1, 0.15) is 27.3 Å². The molecule has 0 aliphatic carbocycles. The molecule has 1 N–H and O–H groups in total. The second kappa shape index (κ2) is 7.03. The Bertz CT molecular complexity index is 1010. The van der Waals surface area contributed by atoms with E-state index in [2.05, 4.69) is 15.6 Å². The molecule has 0 fully saturated rings. The Hall–Kier alpha value is -2.87. The average molecular weight is 395 g/mol. The molecule has 1 heterocycles. The van der Waals surface area contributed by atoms with Crippen LogP contribution in [-0.2, 0) is 6.18 Å². The van der Waals surface area contributed by atoms with Crippen LogP contribution in [0.2, 0.25) is 5.02 Å². The SMILES string of the molecule is Cc1cccc(-n2nnc(C(=O)Nc3ccc(Cl)c(C(F)(F)F)c3)c2C)c1. The normalized spacial score (nSPS) is 11.5. The number of anilines is 1. The molecule has 1 aromatic heterocycles. The Morgan fingerprint density at radius 3 is 2.56 bits per heavy atom. The highest BCUT2D eigenvalue weighted by molar-refractivity contribution is 6.31. The molecule has 3 rings (SSSR count). The molecule has 0 saturated heterocycles. The van der Waals surface area contributed by atoms with Crippen LogP contribution in [0, 0.1) is 13.8 Å². The highest BCUT2D eigenvalue weighted by Crippen LogP contribution is 2.36. The smallest absolute Gasteiger partial charge is 0.321 e. The predicted molar refractivity (Wildman–Crippen MR) is 95.2 cm³/mol. The topological polar surface area (TPSA) is 59.8 Å². The minimum atomic E-state index is -4.62. The summed E-state index contributed by atoms with van der Waals surface area (Å²) in [4.78, 5) is 12.5. The first-order valence-corrected chi connectivity index (χ1v) is 8.22. The number of alkyl halides is 3. The van der Waals surface area contributed by atoms with Crippen molar-refractivity contribution in [2.24, 2.45) is 0 Å². The highest BCUT2D eigenvalue weighted by Gasteiger charge is 2.33. The molecule has 0 bridgehead atoms. The second-order valence-electron chi connectivity index (χ2n) is 5.92. The number of hydrogen-bond donors (Lipinski definition) is 1. The van der Waals surface area contributed by atoms with Crippen molar-refractivity contribution in [3.8, 4) is 5.69 Å². The van der Waals surface area contributed by atoms with Crippen LogP contribution in [0.25, 0.3) is 5.69 Å². The lowest BCUT2D eigenvalue weighted by Gasteiger charge is -2.11. The first-order valence-electron chi connectivity index (χ1n) is 7.84. The van der Waals surface area contributed by atoms with Crippen molar-refractivity contribution in [3.05, 3.63) is 70.0 Å². The van der Waals surface area contributed by atoms with Gasteiger partial charge in [-0.05, 0) is 49.7 Å². The summed E-state index contributed by atoms with van der Waals surface area (Å²) in [6.45, 7) is 3.57. The van der Waals surface area contributed by atoms with Gasteiger partial charge < -0.3 is 5.32 Å². The van der Waals surface area contributed by atoms with Crippen LogP contribution < -0.4 is 5.32 Å². The van der Waals surface area contributed by atoms with E-state index in [1.54, 1.807) is 6.92 Å². The quantitative estimate of drug-likeness (QED) is 0.693. The molecular weight excluding hydrogens is 381 g/mol. The molecule has 0 atom stereocenters. The van der Waals surface area contributed by atoms with E-state index in [9.17, 15) is 18.0 Å². The van der Waals surface area contributed by atoms with Gasteiger partial charge in [-0.3, -0.25) is 4.79 Å². The number of halogens is 4.